The molecule has 4 rings (SSSR count). The van der Waals surface area contributed by atoms with Crippen LogP contribution >= 0.6 is 0 Å². The summed E-state index contributed by atoms with van der Waals surface area (Å²) in [7, 11) is 0. The highest BCUT2D eigenvalue weighted by molar-refractivity contribution is 6.09. The topological polar surface area (TPSA) is 60.4 Å². The van der Waals surface area contributed by atoms with E-state index in [1.807, 2.05) is 30.3 Å². The Balaban J connectivity index is 1.88. The van der Waals surface area contributed by atoms with E-state index < -0.39 is 5.82 Å². The summed E-state index contributed by atoms with van der Waals surface area (Å²) in [5.41, 5.74) is 8.70. The summed E-state index contributed by atoms with van der Waals surface area (Å²) in [4.78, 5) is 17.0. The van der Waals surface area contributed by atoms with Crippen LogP contribution in [0.3, 0.4) is 0 Å². The van der Waals surface area contributed by atoms with Gasteiger partial charge in [0.1, 0.15) is 11.5 Å². The SMILES string of the molecule is Nc1nc2ccc(C(=O)c3ccccc3F)cn2c1-c1ccccc1. The van der Waals surface area contributed by atoms with Gasteiger partial charge >= 0.3 is 0 Å². The van der Waals surface area contributed by atoms with Crippen molar-refractivity contribution in [1.29, 1.82) is 0 Å². The predicted molar refractivity (Wildman–Crippen MR) is 94.9 cm³/mol. The second-order valence-corrected chi connectivity index (χ2v) is 5.67. The molecule has 4 aromatic rings. The van der Waals surface area contributed by atoms with Crippen LogP contribution in [0.4, 0.5) is 10.2 Å². The van der Waals surface area contributed by atoms with Crippen LogP contribution in [0.1, 0.15) is 15.9 Å². The minimum absolute atomic E-state index is 0.0381. The second-order valence-electron chi connectivity index (χ2n) is 5.67. The minimum atomic E-state index is -0.541. The first-order chi connectivity index (χ1) is 12.1. The standard InChI is InChI=1S/C20H14FN3O/c21-16-9-5-4-8-15(16)19(25)14-10-11-17-23-20(22)18(24(17)12-14)13-6-2-1-3-7-13/h1-12H,22H2. The molecule has 0 aliphatic heterocycles. The zero-order valence-electron chi connectivity index (χ0n) is 13.2. The molecule has 0 saturated heterocycles. The molecule has 0 aliphatic rings. The van der Waals surface area contributed by atoms with E-state index in [0.717, 1.165) is 5.56 Å². The van der Waals surface area contributed by atoms with Crippen molar-refractivity contribution in [2.45, 2.75) is 0 Å². The van der Waals surface area contributed by atoms with E-state index >= 15 is 0 Å². The first kappa shape index (κ1) is 15.1. The Hall–Kier alpha value is -3.47. The fraction of sp³-hybridized carbons (Fsp3) is 0. The molecule has 0 amide bonds. The van der Waals surface area contributed by atoms with Gasteiger partial charge in [-0.05, 0) is 24.3 Å². The van der Waals surface area contributed by atoms with Gasteiger partial charge in [-0.2, -0.15) is 0 Å². The maximum absolute atomic E-state index is 13.9. The zero-order chi connectivity index (χ0) is 17.4. The summed E-state index contributed by atoms with van der Waals surface area (Å²) in [5, 5.41) is 0. The fourth-order valence-corrected chi connectivity index (χ4v) is 2.88. The Labute approximate surface area is 143 Å². The number of nitrogens with zero attached hydrogens (tertiary/aromatic N) is 2. The molecule has 2 N–H and O–H groups in total. The number of carbonyl (C=O) groups is 1. The number of nitrogen functional groups attached to an aromatic ring is 1. The molecular formula is C20H14FN3O. The highest BCUT2D eigenvalue weighted by Gasteiger charge is 2.17. The molecule has 0 radical (unpaired) electrons. The van der Waals surface area contributed by atoms with Gasteiger partial charge in [-0.1, -0.05) is 42.5 Å². The van der Waals surface area contributed by atoms with E-state index in [4.69, 9.17) is 5.73 Å². The highest BCUT2D eigenvalue weighted by Crippen LogP contribution is 2.27. The lowest BCUT2D eigenvalue weighted by atomic mass is 10.0. The maximum Gasteiger partial charge on any atom is 0.197 e. The number of rotatable bonds is 3. The largest absolute Gasteiger partial charge is 0.382 e. The molecule has 5 heteroatoms. The van der Waals surface area contributed by atoms with Crippen molar-refractivity contribution in [3.63, 3.8) is 0 Å². The van der Waals surface area contributed by atoms with E-state index in [2.05, 4.69) is 4.98 Å². The van der Waals surface area contributed by atoms with Crippen molar-refractivity contribution in [3.8, 4) is 11.3 Å². The predicted octanol–water partition coefficient (Wildman–Crippen LogP) is 3.95. The summed E-state index contributed by atoms with van der Waals surface area (Å²) in [6, 6.07) is 18.8. The van der Waals surface area contributed by atoms with Crippen molar-refractivity contribution >= 4 is 17.2 Å². The monoisotopic (exact) mass is 331 g/mol. The van der Waals surface area contributed by atoms with Gasteiger partial charge in [0.25, 0.3) is 0 Å². The number of fused-ring (bicyclic) bond motifs is 1. The van der Waals surface area contributed by atoms with E-state index in [1.165, 1.54) is 12.1 Å². The van der Waals surface area contributed by atoms with Gasteiger partial charge in [-0.3, -0.25) is 9.20 Å². The number of pyridine rings is 1. The normalized spacial score (nSPS) is 10.9. The Morgan fingerprint density at radius 2 is 1.68 bits per heavy atom. The van der Waals surface area contributed by atoms with Crippen LogP contribution in [-0.4, -0.2) is 15.2 Å². The number of aromatic nitrogens is 2. The summed E-state index contributed by atoms with van der Waals surface area (Å²) in [6.07, 6.45) is 1.65. The van der Waals surface area contributed by atoms with E-state index in [1.54, 1.807) is 34.9 Å². The number of carbonyl (C=O) groups excluding carboxylic acids is 1. The Kier molecular flexibility index (Phi) is 3.54. The van der Waals surface area contributed by atoms with Gasteiger partial charge in [0.2, 0.25) is 0 Å². The fourth-order valence-electron chi connectivity index (χ4n) is 2.88. The van der Waals surface area contributed by atoms with Crippen molar-refractivity contribution < 1.29 is 9.18 Å². The summed E-state index contributed by atoms with van der Waals surface area (Å²) in [6.45, 7) is 0. The van der Waals surface area contributed by atoms with Crippen molar-refractivity contribution in [2.24, 2.45) is 0 Å². The lowest BCUT2D eigenvalue weighted by molar-refractivity contribution is 0.103. The second kappa shape index (κ2) is 5.87. The molecule has 2 heterocycles. The number of imidazole rings is 1. The Morgan fingerprint density at radius 3 is 2.44 bits per heavy atom. The first-order valence-corrected chi connectivity index (χ1v) is 7.77. The molecule has 0 spiro atoms. The van der Waals surface area contributed by atoms with Crippen LogP contribution in [0.2, 0.25) is 0 Å². The van der Waals surface area contributed by atoms with Gasteiger partial charge in [0.15, 0.2) is 11.6 Å². The molecule has 25 heavy (non-hydrogen) atoms. The van der Waals surface area contributed by atoms with Crippen LogP contribution in [-0.2, 0) is 0 Å². The van der Waals surface area contributed by atoms with Crippen molar-refractivity contribution in [1.82, 2.24) is 9.38 Å². The van der Waals surface area contributed by atoms with E-state index in [0.29, 0.717) is 22.7 Å². The zero-order valence-corrected chi connectivity index (χ0v) is 13.2. The molecule has 4 nitrogen and oxygen atoms in total. The van der Waals surface area contributed by atoms with E-state index in [-0.39, 0.29) is 11.3 Å². The molecule has 0 atom stereocenters. The molecule has 2 aromatic heterocycles. The Bertz CT molecular complexity index is 1090. The summed E-state index contributed by atoms with van der Waals surface area (Å²) in [5.74, 6) is -0.547. The van der Waals surface area contributed by atoms with Gasteiger partial charge < -0.3 is 5.73 Å². The minimum Gasteiger partial charge on any atom is -0.382 e. The van der Waals surface area contributed by atoms with Crippen LogP contribution in [0.25, 0.3) is 16.9 Å². The van der Waals surface area contributed by atoms with Gasteiger partial charge in [0.05, 0.1) is 11.3 Å². The van der Waals surface area contributed by atoms with Gasteiger partial charge in [-0.25, -0.2) is 9.37 Å². The molecule has 122 valence electrons. The lowest BCUT2D eigenvalue weighted by Crippen LogP contribution is -2.05. The third-order valence-corrected chi connectivity index (χ3v) is 4.07. The molecule has 0 unspecified atom stereocenters. The number of halogens is 1. The molecule has 0 aliphatic carbocycles. The summed E-state index contributed by atoms with van der Waals surface area (Å²) >= 11 is 0. The van der Waals surface area contributed by atoms with Crippen LogP contribution in [0.15, 0.2) is 72.9 Å². The lowest BCUT2D eigenvalue weighted by Gasteiger charge is -2.06. The Morgan fingerprint density at radius 1 is 0.960 bits per heavy atom. The maximum atomic E-state index is 13.9. The molecule has 2 aromatic carbocycles. The molecule has 0 fully saturated rings. The van der Waals surface area contributed by atoms with E-state index in [9.17, 15) is 9.18 Å². The number of nitrogens with two attached hydrogens (primary N) is 1. The third kappa shape index (κ3) is 2.55. The quantitative estimate of drug-likeness (QED) is 0.578. The number of ketones is 1. The molecule has 0 bridgehead atoms. The van der Waals surface area contributed by atoms with Gasteiger partial charge in [0, 0.05) is 17.3 Å². The smallest absolute Gasteiger partial charge is 0.197 e. The van der Waals surface area contributed by atoms with Crippen LogP contribution in [0, 0.1) is 5.82 Å². The van der Waals surface area contributed by atoms with Crippen LogP contribution < -0.4 is 5.73 Å². The average molecular weight is 331 g/mol. The third-order valence-electron chi connectivity index (χ3n) is 4.07. The first-order valence-electron chi connectivity index (χ1n) is 7.77. The molecule has 0 saturated carbocycles. The van der Waals surface area contributed by atoms with Crippen molar-refractivity contribution in [3.05, 3.63) is 89.9 Å². The molecular weight excluding hydrogens is 317 g/mol. The number of anilines is 1. The van der Waals surface area contributed by atoms with Crippen molar-refractivity contribution in [2.75, 3.05) is 5.73 Å². The number of hydrogen-bond donors (Lipinski definition) is 1. The average Bonchev–Trinajstić information content (AvgIpc) is 2.97. The highest BCUT2D eigenvalue weighted by atomic mass is 19.1. The summed E-state index contributed by atoms with van der Waals surface area (Å²) < 4.78 is 15.7. The number of benzene rings is 2. The van der Waals surface area contributed by atoms with Crippen LogP contribution in [0.5, 0.6) is 0 Å². The number of hydrogen-bond acceptors (Lipinski definition) is 3. The van der Waals surface area contributed by atoms with Gasteiger partial charge in [-0.15, -0.1) is 0 Å².